The van der Waals surface area contributed by atoms with E-state index in [1.165, 1.54) is 29.2 Å². The Kier molecular flexibility index (Phi) is 3.45. The van der Waals surface area contributed by atoms with Gasteiger partial charge >= 0.3 is 0 Å². The molecule has 2 aliphatic heterocycles. The Balaban J connectivity index is 2.06. The molecule has 4 amide bonds. The van der Waals surface area contributed by atoms with E-state index < -0.39 is 23.6 Å². The normalized spacial score (nSPS) is 16.3. The van der Waals surface area contributed by atoms with Gasteiger partial charge in [-0.2, -0.15) is 0 Å². The maximum absolute atomic E-state index is 13.0. The maximum Gasteiger partial charge on any atom is 0.275 e. The lowest BCUT2D eigenvalue weighted by atomic mass is 9.85. The van der Waals surface area contributed by atoms with Crippen LogP contribution >= 0.6 is 0 Å². The number of hydrogen-bond acceptors (Lipinski definition) is 5. The summed E-state index contributed by atoms with van der Waals surface area (Å²) in [6, 6.07) is 5.87. The van der Waals surface area contributed by atoms with Gasteiger partial charge in [-0.05, 0) is 37.1 Å². The molecule has 2 aliphatic rings. The predicted molar refractivity (Wildman–Crippen MR) is 93.5 cm³/mol. The molecule has 4 rings (SSSR count). The zero-order chi connectivity index (χ0) is 18.7. The van der Waals surface area contributed by atoms with E-state index in [2.05, 4.69) is 0 Å². The van der Waals surface area contributed by atoms with Gasteiger partial charge in [0.1, 0.15) is 0 Å². The Morgan fingerprint density at radius 1 is 0.731 bits per heavy atom. The average Bonchev–Trinajstić information content (AvgIpc) is 2.65. The van der Waals surface area contributed by atoms with Gasteiger partial charge < -0.3 is 0 Å². The van der Waals surface area contributed by atoms with Crippen molar-refractivity contribution in [2.45, 2.75) is 32.7 Å². The third-order valence-electron chi connectivity index (χ3n) is 5.27. The quantitative estimate of drug-likeness (QED) is 0.518. The van der Waals surface area contributed by atoms with Crippen molar-refractivity contribution in [3.05, 3.63) is 46.5 Å². The number of rotatable bonds is 3. The van der Waals surface area contributed by atoms with Crippen LogP contribution in [0.2, 0.25) is 0 Å². The molecule has 7 heteroatoms. The lowest BCUT2D eigenvalue weighted by Gasteiger charge is -2.34. The standard InChI is InChI=1S/C19H17N3O4/c1-3-9(4-2)21-16(23)10-5-7-12-15-13(19(26)22(20)18(12)25)8-6-11(14(10)15)17(21)24/h5-9H,3-4,20H2,1-2H3. The summed E-state index contributed by atoms with van der Waals surface area (Å²) in [5.74, 6) is 3.50. The van der Waals surface area contributed by atoms with E-state index in [0.717, 1.165) is 0 Å². The van der Waals surface area contributed by atoms with E-state index in [-0.39, 0.29) is 17.2 Å². The summed E-state index contributed by atoms with van der Waals surface area (Å²) in [4.78, 5) is 52.1. The van der Waals surface area contributed by atoms with Crippen molar-refractivity contribution in [1.82, 2.24) is 9.91 Å². The van der Waals surface area contributed by atoms with Crippen LogP contribution in [0.25, 0.3) is 10.8 Å². The summed E-state index contributed by atoms with van der Waals surface area (Å²) in [6.45, 7) is 3.86. The van der Waals surface area contributed by atoms with Gasteiger partial charge in [-0.15, -0.1) is 0 Å². The molecule has 2 heterocycles. The summed E-state index contributed by atoms with van der Waals surface area (Å²) in [7, 11) is 0. The lowest BCUT2D eigenvalue weighted by molar-refractivity contribution is 0.0524. The fourth-order valence-corrected chi connectivity index (χ4v) is 3.90. The van der Waals surface area contributed by atoms with Gasteiger partial charge in [0.2, 0.25) is 0 Å². The van der Waals surface area contributed by atoms with Gasteiger partial charge in [0.25, 0.3) is 23.6 Å². The molecule has 0 unspecified atom stereocenters. The highest BCUT2D eigenvalue weighted by Gasteiger charge is 2.40. The first-order valence-electron chi connectivity index (χ1n) is 8.53. The minimum Gasteiger partial charge on any atom is -0.271 e. The van der Waals surface area contributed by atoms with Crippen molar-refractivity contribution in [3.8, 4) is 0 Å². The fraction of sp³-hybridized carbons (Fsp3) is 0.263. The molecule has 0 saturated carbocycles. The Hall–Kier alpha value is -3.06. The van der Waals surface area contributed by atoms with Crippen LogP contribution in [0, 0.1) is 0 Å². The minimum atomic E-state index is -0.645. The molecule has 0 spiro atoms. The van der Waals surface area contributed by atoms with E-state index in [9.17, 15) is 19.2 Å². The van der Waals surface area contributed by atoms with Crippen LogP contribution in [-0.2, 0) is 0 Å². The van der Waals surface area contributed by atoms with Crippen molar-refractivity contribution in [2.75, 3.05) is 0 Å². The number of nitrogens with zero attached hydrogens (tertiary/aromatic N) is 2. The van der Waals surface area contributed by atoms with Crippen LogP contribution in [0.1, 0.15) is 68.1 Å². The van der Waals surface area contributed by atoms with Crippen LogP contribution in [-0.4, -0.2) is 39.6 Å². The number of benzene rings is 2. The van der Waals surface area contributed by atoms with Crippen LogP contribution in [0.15, 0.2) is 24.3 Å². The molecule has 2 aromatic carbocycles. The van der Waals surface area contributed by atoms with Crippen LogP contribution < -0.4 is 5.84 Å². The Labute approximate surface area is 149 Å². The molecular weight excluding hydrogens is 334 g/mol. The molecule has 26 heavy (non-hydrogen) atoms. The molecule has 0 aromatic heterocycles. The maximum atomic E-state index is 13.0. The second-order valence-corrected chi connectivity index (χ2v) is 6.50. The summed E-state index contributed by atoms with van der Waals surface area (Å²) in [6.07, 6.45) is 1.31. The highest BCUT2D eigenvalue weighted by molar-refractivity contribution is 6.33. The SMILES string of the molecule is CCC(CC)N1C(=O)c2ccc3c4c(ccc(c24)C1=O)C(=O)N(N)C3=O. The minimum absolute atomic E-state index is 0.201. The number of hydrazine groups is 1. The highest BCUT2D eigenvalue weighted by Crippen LogP contribution is 2.38. The van der Waals surface area contributed by atoms with Gasteiger partial charge in [-0.25, -0.2) is 10.9 Å². The highest BCUT2D eigenvalue weighted by atomic mass is 16.2. The van der Waals surface area contributed by atoms with E-state index >= 15 is 0 Å². The van der Waals surface area contributed by atoms with E-state index in [1.807, 2.05) is 13.8 Å². The largest absolute Gasteiger partial charge is 0.275 e. The predicted octanol–water partition coefficient (Wildman–Crippen LogP) is 2.09. The molecule has 0 fully saturated rings. The van der Waals surface area contributed by atoms with Crippen molar-refractivity contribution in [1.29, 1.82) is 0 Å². The molecule has 0 saturated heterocycles. The topological polar surface area (TPSA) is 101 Å². The number of hydrogen-bond donors (Lipinski definition) is 1. The van der Waals surface area contributed by atoms with Crippen molar-refractivity contribution in [3.63, 3.8) is 0 Å². The molecule has 132 valence electrons. The molecule has 0 aliphatic carbocycles. The molecule has 7 nitrogen and oxygen atoms in total. The Morgan fingerprint density at radius 3 is 1.42 bits per heavy atom. The van der Waals surface area contributed by atoms with Gasteiger partial charge in [-0.1, -0.05) is 13.8 Å². The Morgan fingerprint density at radius 2 is 1.08 bits per heavy atom. The Bertz CT molecular complexity index is 952. The molecule has 0 bridgehead atoms. The summed E-state index contributed by atoms with van der Waals surface area (Å²) >= 11 is 0. The summed E-state index contributed by atoms with van der Waals surface area (Å²) in [5, 5.41) is 1.26. The molecular formula is C19H17N3O4. The van der Waals surface area contributed by atoms with Crippen molar-refractivity contribution >= 4 is 34.4 Å². The first-order valence-corrected chi connectivity index (χ1v) is 8.53. The number of imide groups is 2. The fourth-order valence-electron chi connectivity index (χ4n) is 3.90. The van der Waals surface area contributed by atoms with Gasteiger partial charge in [0.05, 0.1) is 11.1 Å². The average molecular weight is 351 g/mol. The number of carbonyl (C=O) groups excluding carboxylic acids is 4. The molecule has 0 atom stereocenters. The zero-order valence-corrected chi connectivity index (χ0v) is 14.4. The van der Waals surface area contributed by atoms with Crippen LogP contribution in [0.5, 0.6) is 0 Å². The first kappa shape index (κ1) is 16.4. The lowest BCUT2D eigenvalue weighted by Crippen LogP contribution is -2.48. The monoisotopic (exact) mass is 351 g/mol. The van der Waals surface area contributed by atoms with Gasteiger partial charge in [0.15, 0.2) is 0 Å². The van der Waals surface area contributed by atoms with Crippen LogP contribution in [0.3, 0.4) is 0 Å². The number of amides is 4. The summed E-state index contributed by atoms with van der Waals surface area (Å²) in [5.41, 5.74) is 1.11. The number of carbonyl (C=O) groups is 4. The second-order valence-electron chi connectivity index (χ2n) is 6.50. The molecule has 2 aromatic rings. The molecule has 0 radical (unpaired) electrons. The van der Waals surface area contributed by atoms with E-state index in [4.69, 9.17) is 5.84 Å². The van der Waals surface area contributed by atoms with Gasteiger partial charge in [-0.3, -0.25) is 24.1 Å². The third-order valence-corrected chi connectivity index (χ3v) is 5.27. The smallest absolute Gasteiger partial charge is 0.271 e. The first-order chi connectivity index (χ1) is 12.4. The van der Waals surface area contributed by atoms with E-state index in [1.54, 1.807) is 0 Å². The van der Waals surface area contributed by atoms with Crippen molar-refractivity contribution < 1.29 is 19.2 Å². The van der Waals surface area contributed by atoms with Crippen LogP contribution in [0.4, 0.5) is 0 Å². The van der Waals surface area contributed by atoms with Crippen molar-refractivity contribution in [2.24, 2.45) is 5.84 Å². The second kappa shape index (κ2) is 5.47. The zero-order valence-electron chi connectivity index (χ0n) is 14.4. The third kappa shape index (κ3) is 1.86. The van der Waals surface area contributed by atoms with Gasteiger partial charge in [0, 0.05) is 27.9 Å². The number of nitrogens with two attached hydrogens (primary N) is 1. The van der Waals surface area contributed by atoms with E-state index in [0.29, 0.717) is 39.7 Å². The molecule has 2 N–H and O–H groups in total. The summed E-state index contributed by atoms with van der Waals surface area (Å²) < 4.78 is 0.